The lowest BCUT2D eigenvalue weighted by atomic mass is 9.85. The highest BCUT2D eigenvalue weighted by Crippen LogP contribution is 2.47. The highest BCUT2D eigenvalue weighted by atomic mass is 31.2. The van der Waals surface area contributed by atoms with Crippen LogP contribution in [-0.2, 0) is 32.7 Å². The zero-order chi connectivity index (χ0) is 46.4. The summed E-state index contributed by atoms with van der Waals surface area (Å²) in [7, 11) is -5.15. The van der Waals surface area contributed by atoms with Crippen molar-refractivity contribution in [1.29, 1.82) is 0 Å². The maximum atomic E-state index is 12.8. The van der Waals surface area contributed by atoms with Gasteiger partial charge in [0, 0.05) is 12.8 Å². The summed E-state index contributed by atoms with van der Waals surface area (Å²) in [5, 5.41) is 50.1. The third kappa shape index (κ3) is 30.7. The zero-order valence-corrected chi connectivity index (χ0v) is 39.0. The second-order valence-electron chi connectivity index (χ2n) is 15.9. The molecule has 6 unspecified atom stereocenters. The van der Waals surface area contributed by atoms with Crippen LogP contribution >= 0.6 is 7.82 Å². The van der Waals surface area contributed by atoms with Gasteiger partial charge in [0.15, 0.2) is 6.10 Å². The second kappa shape index (κ2) is 38.3. The number of ether oxygens (including phenoxy) is 2. The fraction of sp³-hybridized carbons (Fsp3) is 0.673. The van der Waals surface area contributed by atoms with E-state index in [4.69, 9.17) is 18.5 Å². The molecule has 0 heterocycles. The summed E-state index contributed by atoms with van der Waals surface area (Å²) >= 11 is 0. The molecule has 14 heteroatoms. The molecular weight excluding hydrogens is 828 g/mol. The molecule has 0 amide bonds. The van der Waals surface area contributed by atoms with Gasteiger partial charge in [-0.2, -0.15) is 0 Å². The number of esters is 2. The molecule has 0 aromatic carbocycles. The molecule has 8 atom stereocenters. The van der Waals surface area contributed by atoms with Crippen LogP contribution in [0.2, 0.25) is 0 Å². The first-order valence-corrected chi connectivity index (χ1v) is 24.9. The van der Waals surface area contributed by atoms with E-state index < -0.39 is 75.7 Å². The Morgan fingerprint density at radius 1 is 0.508 bits per heavy atom. The smallest absolute Gasteiger partial charge is 0.462 e. The van der Waals surface area contributed by atoms with Crippen molar-refractivity contribution in [2.24, 2.45) is 0 Å². The third-order valence-corrected chi connectivity index (χ3v) is 11.2. The number of allylic oxidation sites excluding steroid dienone is 14. The lowest BCUT2D eigenvalue weighted by Crippen LogP contribution is -2.64. The maximum Gasteiger partial charge on any atom is 0.472 e. The average Bonchev–Trinajstić information content (AvgIpc) is 3.26. The standard InChI is InChI=1S/C49H81O13P/c1-3-5-7-9-11-13-15-17-19-20-21-22-24-26-28-30-32-34-36-38-43(51)61-41(40-60-63(57,58)62-49-47(55)45(53)44(52)46(54)48(49)56)39-59-42(50)37-35-33-31-29-27-25-23-18-16-14-12-10-8-6-4-2/h5,7,11,13,17-19,21-23,26,28,32,34,41,44-49,52-56H,3-4,6,8-10,12,14-16,20,24-25,27,29-31,33,35-40H2,1-2H3,(H,57,58)/b7-5+,13-11+,19-17+,22-21+,23-18+,28-26+,34-32+/t41-,44?,45-,46?,47?,48?,49?/m1/s1. The van der Waals surface area contributed by atoms with Crippen LogP contribution in [-0.4, -0.2) is 98.3 Å². The summed E-state index contributed by atoms with van der Waals surface area (Å²) in [5.74, 6) is -1.21. The number of hydrogen-bond donors (Lipinski definition) is 6. The number of phosphoric ester groups is 1. The Kier molecular flexibility index (Phi) is 35.3. The molecule has 0 aromatic rings. The molecule has 6 N–H and O–H groups in total. The van der Waals surface area contributed by atoms with Gasteiger partial charge in [0.2, 0.25) is 0 Å². The van der Waals surface area contributed by atoms with Crippen LogP contribution in [0.15, 0.2) is 85.1 Å². The Bertz CT molecular complexity index is 1420. The van der Waals surface area contributed by atoms with Crippen LogP contribution in [0.3, 0.4) is 0 Å². The van der Waals surface area contributed by atoms with Gasteiger partial charge in [-0.05, 0) is 77.0 Å². The van der Waals surface area contributed by atoms with Crippen molar-refractivity contribution in [3.8, 4) is 0 Å². The largest absolute Gasteiger partial charge is 0.472 e. The van der Waals surface area contributed by atoms with Crippen LogP contribution in [0.5, 0.6) is 0 Å². The Morgan fingerprint density at radius 2 is 0.937 bits per heavy atom. The molecule has 360 valence electrons. The fourth-order valence-electron chi connectivity index (χ4n) is 6.48. The van der Waals surface area contributed by atoms with Crippen molar-refractivity contribution in [3.05, 3.63) is 85.1 Å². The fourth-order valence-corrected chi connectivity index (χ4v) is 7.46. The minimum absolute atomic E-state index is 0.0343. The first-order chi connectivity index (χ1) is 30.4. The van der Waals surface area contributed by atoms with Gasteiger partial charge >= 0.3 is 19.8 Å². The van der Waals surface area contributed by atoms with Crippen LogP contribution < -0.4 is 0 Å². The summed E-state index contributed by atoms with van der Waals surface area (Å²) in [5.41, 5.74) is 0. The summed E-state index contributed by atoms with van der Waals surface area (Å²) in [4.78, 5) is 35.7. The molecule has 1 aliphatic rings. The molecule has 13 nitrogen and oxygen atoms in total. The van der Waals surface area contributed by atoms with Gasteiger partial charge in [-0.25, -0.2) is 4.57 Å². The monoisotopic (exact) mass is 909 g/mol. The molecule has 0 saturated heterocycles. The van der Waals surface area contributed by atoms with E-state index in [0.29, 0.717) is 19.3 Å². The van der Waals surface area contributed by atoms with E-state index >= 15 is 0 Å². The summed E-state index contributed by atoms with van der Waals surface area (Å²) < 4.78 is 33.4. The highest BCUT2D eigenvalue weighted by Gasteiger charge is 2.51. The van der Waals surface area contributed by atoms with Crippen LogP contribution in [0.1, 0.15) is 155 Å². The first-order valence-electron chi connectivity index (χ1n) is 23.4. The van der Waals surface area contributed by atoms with E-state index in [0.717, 1.165) is 70.6 Å². The topological polar surface area (TPSA) is 210 Å². The van der Waals surface area contributed by atoms with Crippen molar-refractivity contribution in [2.45, 2.75) is 198 Å². The lowest BCUT2D eigenvalue weighted by molar-refractivity contribution is -0.220. The molecule has 1 aliphatic carbocycles. The number of carbonyl (C=O) groups excluding carboxylic acids is 2. The van der Waals surface area contributed by atoms with Crippen LogP contribution in [0.25, 0.3) is 0 Å². The quantitative estimate of drug-likeness (QED) is 0.0149. The summed E-state index contributed by atoms with van der Waals surface area (Å²) in [6.07, 6.45) is 36.5. The lowest BCUT2D eigenvalue weighted by Gasteiger charge is -2.41. The number of hydrogen-bond acceptors (Lipinski definition) is 12. The van der Waals surface area contributed by atoms with Gasteiger partial charge in [-0.1, -0.05) is 150 Å². The first kappa shape index (κ1) is 58.0. The van der Waals surface area contributed by atoms with E-state index in [-0.39, 0.29) is 12.8 Å². The van der Waals surface area contributed by atoms with Crippen molar-refractivity contribution in [3.63, 3.8) is 0 Å². The molecule has 0 bridgehead atoms. The zero-order valence-electron chi connectivity index (χ0n) is 38.1. The Balaban J connectivity index is 2.53. The van der Waals surface area contributed by atoms with E-state index in [2.05, 4.69) is 80.7 Å². The summed E-state index contributed by atoms with van der Waals surface area (Å²) in [6, 6.07) is 0. The predicted octanol–water partition coefficient (Wildman–Crippen LogP) is 9.28. The van der Waals surface area contributed by atoms with Gasteiger partial charge < -0.3 is 39.9 Å². The highest BCUT2D eigenvalue weighted by molar-refractivity contribution is 7.47. The average molecular weight is 909 g/mol. The number of unbranched alkanes of at least 4 members (excludes halogenated alkanes) is 11. The normalized spacial score (nSPS) is 22.5. The molecule has 63 heavy (non-hydrogen) atoms. The minimum Gasteiger partial charge on any atom is -0.462 e. The number of phosphoric acid groups is 1. The molecule has 1 fully saturated rings. The minimum atomic E-state index is -5.15. The number of rotatable bonds is 37. The molecule has 1 rings (SSSR count). The molecule has 0 aromatic heterocycles. The number of aliphatic hydroxyl groups excluding tert-OH is 5. The van der Waals surface area contributed by atoms with Gasteiger partial charge in [0.05, 0.1) is 6.61 Å². The molecule has 1 saturated carbocycles. The van der Waals surface area contributed by atoms with Gasteiger partial charge in [0.25, 0.3) is 0 Å². The maximum absolute atomic E-state index is 12.8. The van der Waals surface area contributed by atoms with Crippen LogP contribution in [0, 0.1) is 0 Å². The van der Waals surface area contributed by atoms with Gasteiger partial charge in [-0.15, -0.1) is 0 Å². The Hall–Kier alpha value is -2.97. The van der Waals surface area contributed by atoms with E-state index in [1.165, 1.54) is 38.5 Å². The van der Waals surface area contributed by atoms with E-state index in [1.807, 2.05) is 18.2 Å². The SMILES string of the molecule is CC/C=C/C/C=C/C/C=C/C/C=C/C/C=C/C/C=C/CCC(=O)O[C@H](COC(=O)CCCCCCC/C=C/CCCCCCCC)COP(=O)(O)OC1C(O)C(O)C(O)[C@@H](O)C1O. The number of aliphatic hydroxyl groups is 5. The van der Waals surface area contributed by atoms with Crippen molar-refractivity contribution in [1.82, 2.24) is 0 Å². The van der Waals surface area contributed by atoms with Gasteiger partial charge in [0.1, 0.15) is 43.2 Å². The Labute approximate surface area is 378 Å². The van der Waals surface area contributed by atoms with Crippen molar-refractivity contribution in [2.75, 3.05) is 13.2 Å². The molecule has 0 aliphatic heterocycles. The Morgan fingerprint density at radius 3 is 1.44 bits per heavy atom. The van der Waals surface area contributed by atoms with Crippen molar-refractivity contribution < 1.29 is 63.1 Å². The van der Waals surface area contributed by atoms with Crippen LogP contribution in [0.4, 0.5) is 0 Å². The van der Waals surface area contributed by atoms with Gasteiger partial charge in [-0.3, -0.25) is 18.6 Å². The number of carbonyl (C=O) groups is 2. The summed E-state index contributed by atoms with van der Waals surface area (Å²) in [6.45, 7) is 3.10. The van der Waals surface area contributed by atoms with E-state index in [9.17, 15) is 44.6 Å². The predicted molar refractivity (Wildman–Crippen MR) is 248 cm³/mol. The van der Waals surface area contributed by atoms with E-state index in [1.54, 1.807) is 0 Å². The second-order valence-corrected chi connectivity index (χ2v) is 17.3. The molecular formula is C49H81O13P. The third-order valence-electron chi connectivity index (χ3n) is 10.2. The van der Waals surface area contributed by atoms with Crippen molar-refractivity contribution >= 4 is 19.8 Å². The molecule has 0 radical (unpaired) electrons. The molecule has 0 spiro atoms.